The molecule has 0 heterocycles. The highest BCUT2D eigenvalue weighted by atomic mass is 14.5. The first kappa shape index (κ1) is 6.05. The van der Waals surface area contributed by atoms with Crippen LogP contribution in [0, 0.1) is 23.7 Å². The minimum absolute atomic E-state index is 0.954. The van der Waals surface area contributed by atoms with Crippen molar-refractivity contribution < 1.29 is 0 Å². The average molecular weight is 146 g/mol. The summed E-state index contributed by atoms with van der Waals surface area (Å²) in [7, 11) is 0. The van der Waals surface area contributed by atoms with Crippen LogP contribution in [0.1, 0.15) is 19.3 Å². The fraction of sp³-hybridized carbons (Fsp3) is 0.636. The summed E-state index contributed by atoms with van der Waals surface area (Å²) in [5, 5.41) is 0. The molecule has 4 unspecified atom stereocenters. The lowest BCUT2D eigenvalue weighted by Gasteiger charge is -2.14. The Labute approximate surface area is 68.0 Å². The van der Waals surface area contributed by atoms with E-state index in [0.717, 1.165) is 23.7 Å². The number of fused-ring (bicyclic) bond motifs is 3. The van der Waals surface area contributed by atoms with Gasteiger partial charge in [-0.15, -0.1) is 0 Å². The van der Waals surface area contributed by atoms with Gasteiger partial charge >= 0.3 is 0 Å². The molecule has 11 heavy (non-hydrogen) atoms. The van der Waals surface area contributed by atoms with E-state index in [-0.39, 0.29) is 0 Å². The molecule has 0 aromatic rings. The molecule has 4 atom stereocenters. The minimum atomic E-state index is 0.954. The summed E-state index contributed by atoms with van der Waals surface area (Å²) in [6.07, 6.45) is 13.9. The molecule has 0 aliphatic heterocycles. The molecule has 0 bridgehead atoms. The maximum atomic E-state index is 2.47. The van der Waals surface area contributed by atoms with E-state index in [1.165, 1.54) is 19.3 Å². The van der Waals surface area contributed by atoms with E-state index in [1.807, 2.05) is 0 Å². The van der Waals surface area contributed by atoms with Gasteiger partial charge in [-0.25, -0.2) is 0 Å². The summed E-state index contributed by atoms with van der Waals surface area (Å²) in [6.45, 7) is 0. The van der Waals surface area contributed by atoms with Crippen LogP contribution in [0.25, 0.3) is 0 Å². The first-order valence-electron chi connectivity index (χ1n) is 4.78. The van der Waals surface area contributed by atoms with Gasteiger partial charge in [0.1, 0.15) is 0 Å². The maximum absolute atomic E-state index is 2.47. The molecule has 3 rings (SSSR count). The third kappa shape index (κ3) is 0.702. The molecule has 3 aliphatic carbocycles. The molecule has 0 heteroatoms. The van der Waals surface area contributed by atoms with E-state index >= 15 is 0 Å². The van der Waals surface area contributed by atoms with Crippen molar-refractivity contribution in [3.63, 3.8) is 0 Å². The molecule has 0 saturated heterocycles. The predicted molar refractivity (Wildman–Crippen MR) is 46.1 cm³/mol. The topological polar surface area (TPSA) is 0 Å². The van der Waals surface area contributed by atoms with E-state index in [9.17, 15) is 0 Å². The van der Waals surface area contributed by atoms with Gasteiger partial charge in [0.2, 0.25) is 0 Å². The fourth-order valence-electron chi connectivity index (χ4n) is 3.24. The van der Waals surface area contributed by atoms with Crippen LogP contribution in [0.15, 0.2) is 24.3 Å². The summed E-state index contributed by atoms with van der Waals surface area (Å²) in [5.41, 5.74) is 0. The van der Waals surface area contributed by atoms with E-state index < -0.39 is 0 Å². The Morgan fingerprint density at radius 3 is 2.91 bits per heavy atom. The van der Waals surface area contributed by atoms with Crippen LogP contribution >= 0.6 is 0 Å². The Bertz CT molecular complexity index is 224. The van der Waals surface area contributed by atoms with Crippen LogP contribution in [0.4, 0.5) is 0 Å². The van der Waals surface area contributed by atoms with E-state index in [0.29, 0.717) is 0 Å². The lowest BCUT2D eigenvalue weighted by molar-refractivity contribution is 0.396. The van der Waals surface area contributed by atoms with Crippen molar-refractivity contribution in [3.8, 4) is 0 Å². The van der Waals surface area contributed by atoms with Gasteiger partial charge in [-0.05, 0) is 42.9 Å². The average Bonchev–Trinajstić information content (AvgIpc) is 2.52. The van der Waals surface area contributed by atoms with Gasteiger partial charge in [0.15, 0.2) is 0 Å². The highest BCUT2D eigenvalue weighted by Crippen LogP contribution is 2.51. The van der Waals surface area contributed by atoms with Crippen molar-refractivity contribution in [2.45, 2.75) is 19.3 Å². The summed E-state index contributed by atoms with van der Waals surface area (Å²) < 4.78 is 0. The van der Waals surface area contributed by atoms with Crippen LogP contribution in [0.5, 0.6) is 0 Å². The van der Waals surface area contributed by atoms with Crippen LogP contribution in [0.3, 0.4) is 0 Å². The zero-order chi connectivity index (χ0) is 7.26. The molecule has 1 fully saturated rings. The maximum Gasteiger partial charge on any atom is -0.0165 e. The fourth-order valence-corrected chi connectivity index (χ4v) is 3.24. The predicted octanol–water partition coefficient (Wildman–Crippen LogP) is 2.77. The van der Waals surface area contributed by atoms with Gasteiger partial charge in [-0.2, -0.15) is 0 Å². The summed E-state index contributed by atoms with van der Waals surface area (Å²) >= 11 is 0. The van der Waals surface area contributed by atoms with Gasteiger partial charge in [-0.1, -0.05) is 24.3 Å². The Morgan fingerprint density at radius 1 is 1.00 bits per heavy atom. The van der Waals surface area contributed by atoms with Crippen molar-refractivity contribution in [3.05, 3.63) is 24.3 Å². The van der Waals surface area contributed by atoms with Crippen LogP contribution in [-0.2, 0) is 0 Å². The molecule has 3 aliphatic rings. The molecule has 0 N–H and O–H groups in total. The van der Waals surface area contributed by atoms with Crippen LogP contribution in [0.2, 0.25) is 0 Å². The summed E-state index contributed by atoms with van der Waals surface area (Å²) in [6, 6.07) is 0. The zero-order valence-corrected chi connectivity index (χ0v) is 6.74. The van der Waals surface area contributed by atoms with Gasteiger partial charge in [0.25, 0.3) is 0 Å². The standard InChI is InChI=1S/C11H14/c1-3-8-7-9-4-2-6-11(9)10(8)5-1/h1-3,6,8-11H,4-5,7H2. The number of hydrogen-bond donors (Lipinski definition) is 0. The zero-order valence-electron chi connectivity index (χ0n) is 6.74. The van der Waals surface area contributed by atoms with Crippen molar-refractivity contribution in [1.29, 1.82) is 0 Å². The van der Waals surface area contributed by atoms with E-state index in [2.05, 4.69) is 24.3 Å². The highest BCUT2D eigenvalue weighted by Gasteiger charge is 2.42. The first-order valence-corrected chi connectivity index (χ1v) is 4.78. The second kappa shape index (κ2) is 2.00. The van der Waals surface area contributed by atoms with Crippen molar-refractivity contribution in [1.82, 2.24) is 0 Å². The quantitative estimate of drug-likeness (QED) is 0.461. The largest absolute Gasteiger partial charge is 0.0879 e. The summed E-state index contributed by atoms with van der Waals surface area (Å²) in [4.78, 5) is 0. The first-order chi connectivity index (χ1) is 5.45. The highest BCUT2D eigenvalue weighted by molar-refractivity contribution is 5.16. The smallest absolute Gasteiger partial charge is 0.0165 e. The SMILES string of the molecule is C1=CC2C(C1)CC1C=CCC12. The van der Waals surface area contributed by atoms with E-state index in [1.54, 1.807) is 0 Å². The second-order valence-corrected chi connectivity index (χ2v) is 4.23. The molecule has 58 valence electrons. The molecule has 1 saturated carbocycles. The normalized spacial score (nSPS) is 51.6. The molecule has 0 amide bonds. The Kier molecular flexibility index (Phi) is 1.10. The van der Waals surface area contributed by atoms with Crippen LogP contribution < -0.4 is 0 Å². The Balaban J connectivity index is 1.92. The third-order valence-electron chi connectivity index (χ3n) is 3.75. The molecule has 0 radical (unpaired) electrons. The van der Waals surface area contributed by atoms with Crippen LogP contribution in [-0.4, -0.2) is 0 Å². The van der Waals surface area contributed by atoms with Gasteiger partial charge in [-0.3, -0.25) is 0 Å². The lowest BCUT2D eigenvalue weighted by atomic mass is 9.90. The molecule has 0 spiro atoms. The molecular formula is C11H14. The third-order valence-corrected chi connectivity index (χ3v) is 3.75. The van der Waals surface area contributed by atoms with Crippen molar-refractivity contribution in [2.75, 3.05) is 0 Å². The molecular weight excluding hydrogens is 132 g/mol. The number of hydrogen-bond acceptors (Lipinski definition) is 0. The van der Waals surface area contributed by atoms with E-state index in [4.69, 9.17) is 0 Å². The van der Waals surface area contributed by atoms with Gasteiger partial charge in [0, 0.05) is 0 Å². The second-order valence-electron chi connectivity index (χ2n) is 4.23. The Hall–Kier alpha value is -0.520. The minimum Gasteiger partial charge on any atom is -0.0879 e. The molecule has 0 aromatic heterocycles. The Morgan fingerprint density at radius 2 is 1.91 bits per heavy atom. The molecule has 0 nitrogen and oxygen atoms in total. The number of rotatable bonds is 0. The lowest BCUT2D eigenvalue weighted by Crippen LogP contribution is -2.08. The summed E-state index contributed by atoms with van der Waals surface area (Å²) in [5.74, 6) is 3.93. The monoisotopic (exact) mass is 146 g/mol. The van der Waals surface area contributed by atoms with Crippen molar-refractivity contribution >= 4 is 0 Å². The number of allylic oxidation sites excluding steroid dienone is 4. The molecule has 0 aromatic carbocycles. The van der Waals surface area contributed by atoms with Gasteiger partial charge < -0.3 is 0 Å². The van der Waals surface area contributed by atoms with Gasteiger partial charge in [0.05, 0.1) is 0 Å². The van der Waals surface area contributed by atoms with Crippen molar-refractivity contribution in [2.24, 2.45) is 23.7 Å².